The fraction of sp³-hybridized carbons (Fsp3) is 0.421. The molecule has 3 nitrogen and oxygen atoms in total. The summed E-state index contributed by atoms with van der Waals surface area (Å²) in [5, 5.41) is -0.803. The van der Waals surface area contributed by atoms with Crippen LogP contribution in [0.25, 0.3) is 0 Å². The molecule has 1 aromatic rings. The molecule has 4 heteroatoms. The average molecular weight is 332 g/mol. The van der Waals surface area contributed by atoms with E-state index in [1.54, 1.807) is 30.3 Å². The zero-order chi connectivity index (χ0) is 17.3. The van der Waals surface area contributed by atoms with Gasteiger partial charge in [0.2, 0.25) is 0 Å². The molecule has 2 rings (SSSR count). The van der Waals surface area contributed by atoms with Gasteiger partial charge in [0.15, 0.2) is 9.84 Å². The topological polar surface area (TPSA) is 51.2 Å². The first-order valence-corrected chi connectivity index (χ1v) is 9.37. The molecule has 0 N–H and O–H groups in total. The molecule has 0 saturated heterocycles. The molecular formula is C19H24O3S. The van der Waals surface area contributed by atoms with Crippen LogP contribution < -0.4 is 0 Å². The van der Waals surface area contributed by atoms with E-state index >= 15 is 0 Å². The molecule has 0 spiro atoms. The third-order valence-corrected chi connectivity index (χ3v) is 6.47. The highest BCUT2D eigenvalue weighted by Gasteiger charge is 2.40. The standard InChI is InChI=1S/C19H24O3S/c1-14-9-8-12-19(3,4)18(14)17(13-15(2)20)23(21,22)16-10-6-5-7-11-16/h5-11,17H,12-13H2,1-4H3. The van der Waals surface area contributed by atoms with E-state index in [1.165, 1.54) is 6.92 Å². The number of sulfone groups is 1. The lowest BCUT2D eigenvalue weighted by atomic mass is 9.73. The van der Waals surface area contributed by atoms with E-state index in [0.717, 1.165) is 17.6 Å². The Hall–Kier alpha value is -1.68. The first-order valence-electron chi connectivity index (χ1n) is 7.82. The Morgan fingerprint density at radius 1 is 1.22 bits per heavy atom. The van der Waals surface area contributed by atoms with E-state index in [2.05, 4.69) is 6.08 Å². The number of carbonyl (C=O) groups is 1. The number of hydrogen-bond donors (Lipinski definition) is 0. The van der Waals surface area contributed by atoms with E-state index in [9.17, 15) is 13.2 Å². The van der Waals surface area contributed by atoms with Gasteiger partial charge in [0, 0.05) is 6.42 Å². The molecular weight excluding hydrogens is 308 g/mol. The maximum Gasteiger partial charge on any atom is 0.185 e. The Kier molecular flexibility index (Phi) is 4.95. The van der Waals surface area contributed by atoms with E-state index < -0.39 is 15.1 Å². The monoisotopic (exact) mass is 332 g/mol. The maximum atomic E-state index is 13.2. The van der Waals surface area contributed by atoms with Crippen LogP contribution in [0.2, 0.25) is 0 Å². The van der Waals surface area contributed by atoms with Crippen molar-refractivity contribution in [2.24, 2.45) is 5.41 Å². The predicted molar refractivity (Wildman–Crippen MR) is 93.0 cm³/mol. The molecule has 0 radical (unpaired) electrons. The Labute approximate surface area is 139 Å². The van der Waals surface area contributed by atoms with Crippen LogP contribution in [0.4, 0.5) is 0 Å². The van der Waals surface area contributed by atoms with E-state index in [1.807, 2.05) is 26.8 Å². The summed E-state index contributed by atoms with van der Waals surface area (Å²) >= 11 is 0. The summed E-state index contributed by atoms with van der Waals surface area (Å²) in [5.74, 6) is -0.111. The summed E-state index contributed by atoms with van der Waals surface area (Å²) < 4.78 is 26.4. The van der Waals surface area contributed by atoms with Crippen LogP contribution in [0.1, 0.15) is 40.5 Å². The van der Waals surface area contributed by atoms with E-state index in [4.69, 9.17) is 0 Å². The van der Waals surface area contributed by atoms with Crippen molar-refractivity contribution in [1.29, 1.82) is 0 Å². The van der Waals surface area contributed by atoms with Crippen molar-refractivity contribution in [2.45, 2.75) is 50.7 Å². The Morgan fingerprint density at radius 3 is 2.35 bits per heavy atom. The summed E-state index contributed by atoms with van der Waals surface area (Å²) in [4.78, 5) is 12.1. The van der Waals surface area contributed by atoms with E-state index in [-0.39, 0.29) is 22.5 Å². The van der Waals surface area contributed by atoms with Crippen LogP contribution in [-0.2, 0) is 14.6 Å². The highest BCUT2D eigenvalue weighted by Crippen LogP contribution is 2.43. The number of benzene rings is 1. The summed E-state index contributed by atoms with van der Waals surface area (Å²) in [5.41, 5.74) is 1.53. The van der Waals surface area contributed by atoms with Crippen molar-refractivity contribution in [2.75, 3.05) is 0 Å². The molecule has 0 amide bonds. The lowest BCUT2D eigenvalue weighted by molar-refractivity contribution is -0.116. The minimum Gasteiger partial charge on any atom is -0.300 e. The van der Waals surface area contributed by atoms with Crippen LogP contribution >= 0.6 is 0 Å². The molecule has 0 fully saturated rings. The van der Waals surface area contributed by atoms with E-state index in [0.29, 0.717) is 0 Å². The van der Waals surface area contributed by atoms with Crippen molar-refractivity contribution in [1.82, 2.24) is 0 Å². The molecule has 1 aliphatic carbocycles. The zero-order valence-electron chi connectivity index (χ0n) is 14.2. The third-order valence-electron chi connectivity index (χ3n) is 4.39. The van der Waals surface area contributed by atoms with Crippen molar-refractivity contribution in [3.8, 4) is 0 Å². The molecule has 1 unspecified atom stereocenters. The average Bonchev–Trinajstić information content (AvgIpc) is 2.45. The highest BCUT2D eigenvalue weighted by molar-refractivity contribution is 7.92. The van der Waals surface area contributed by atoms with Gasteiger partial charge in [-0.1, -0.05) is 49.8 Å². The summed E-state index contributed by atoms with van der Waals surface area (Å²) in [6.45, 7) is 7.47. The largest absolute Gasteiger partial charge is 0.300 e. The fourth-order valence-electron chi connectivity index (χ4n) is 3.36. The number of allylic oxidation sites excluding steroid dienone is 3. The van der Waals surface area contributed by atoms with Crippen LogP contribution in [0.3, 0.4) is 0 Å². The molecule has 0 aromatic heterocycles. The normalized spacial score (nSPS) is 18.8. The van der Waals surface area contributed by atoms with Gasteiger partial charge in [0.05, 0.1) is 10.1 Å². The molecule has 0 aliphatic heterocycles. The third kappa shape index (κ3) is 3.63. The summed E-state index contributed by atoms with van der Waals surface area (Å²) in [7, 11) is -3.61. The number of Topliss-reactive ketones (excluding diaryl/α,β-unsaturated/α-hetero) is 1. The molecule has 0 bridgehead atoms. The first kappa shape index (κ1) is 17.7. The Balaban J connectivity index is 2.63. The van der Waals surface area contributed by atoms with Crippen LogP contribution in [-0.4, -0.2) is 19.5 Å². The van der Waals surface area contributed by atoms with Gasteiger partial charge < -0.3 is 0 Å². The van der Waals surface area contributed by atoms with Crippen LogP contribution in [0.5, 0.6) is 0 Å². The van der Waals surface area contributed by atoms with Crippen molar-refractivity contribution in [3.05, 3.63) is 53.6 Å². The second kappa shape index (κ2) is 6.44. The van der Waals surface area contributed by atoms with Gasteiger partial charge in [0.1, 0.15) is 5.78 Å². The predicted octanol–water partition coefficient (Wildman–Crippen LogP) is 4.11. The second-order valence-corrected chi connectivity index (χ2v) is 8.97. The summed E-state index contributed by atoms with van der Waals surface area (Å²) in [6, 6.07) is 8.42. The number of carbonyl (C=O) groups excluding carboxylic acids is 1. The molecule has 1 aromatic carbocycles. The second-order valence-electron chi connectivity index (χ2n) is 6.84. The van der Waals surface area contributed by atoms with Gasteiger partial charge in [-0.3, -0.25) is 4.79 Å². The first-order chi connectivity index (χ1) is 10.7. The van der Waals surface area contributed by atoms with Gasteiger partial charge in [-0.05, 0) is 43.4 Å². The maximum absolute atomic E-state index is 13.2. The van der Waals surface area contributed by atoms with Gasteiger partial charge >= 0.3 is 0 Å². The quantitative estimate of drug-likeness (QED) is 0.815. The van der Waals surface area contributed by atoms with Crippen molar-refractivity contribution >= 4 is 15.6 Å². The number of rotatable bonds is 5. The van der Waals surface area contributed by atoms with Gasteiger partial charge in [0.25, 0.3) is 0 Å². The zero-order valence-corrected chi connectivity index (χ0v) is 15.0. The SMILES string of the molecule is CC(=O)CC(C1=C(C)C=CCC1(C)C)S(=O)(=O)c1ccccc1. The van der Waals surface area contributed by atoms with Crippen LogP contribution in [0, 0.1) is 5.41 Å². The lowest BCUT2D eigenvalue weighted by Gasteiger charge is -2.36. The molecule has 1 aliphatic rings. The fourth-order valence-corrected chi connectivity index (χ4v) is 5.49. The highest BCUT2D eigenvalue weighted by atomic mass is 32.2. The molecule has 0 heterocycles. The Bertz CT molecular complexity index is 753. The molecule has 0 saturated carbocycles. The van der Waals surface area contributed by atoms with Crippen molar-refractivity contribution in [3.63, 3.8) is 0 Å². The molecule has 23 heavy (non-hydrogen) atoms. The number of ketones is 1. The minimum atomic E-state index is -3.61. The minimum absolute atomic E-state index is 0.0151. The lowest BCUT2D eigenvalue weighted by Crippen LogP contribution is -2.35. The summed E-state index contributed by atoms with van der Waals surface area (Å²) in [6.07, 6.45) is 4.83. The number of hydrogen-bond acceptors (Lipinski definition) is 3. The van der Waals surface area contributed by atoms with Crippen molar-refractivity contribution < 1.29 is 13.2 Å². The van der Waals surface area contributed by atoms with Gasteiger partial charge in [-0.2, -0.15) is 0 Å². The Morgan fingerprint density at radius 2 is 1.83 bits per heavy atom. The van der Waals surface area contributed by atoms with Gasteiger partial charge in [-0.15, -0.1) is 0 Å². The van der Waals surface area contributed by atoms with Gasteiger partial charge in [-0.25, -0.2) is 8.42 Å². The molecule has 124 valence electrons. The smallest absolute Gasteiger partial charge is 0.185 e. The van der Waals surface area contributed by atoms with Crippen LogP contribution in [0.15, 0.2) is 58.5 Å². The molecule has 1 atom stereocenters.